The molecule has 0 amide bonds. The van der Waals surface area contributed by atoms with E-state index in [0.29, 0.717) is 6.54 Å². The average molecular weight is 373 g/mol. The van der Waals surface area contributed by atoms with Crippen LogP contribution < -0.4 is 4.74 Å². The van der Waals surface area contributed by atoms with Gasteiger partial charge >= 0.3 is 0 Å². The first-order valence-electron chi connectivity index (χ1n) is 9.53. The van der Waals surface area contributed by atoms with Gasteiger partial charge in [0, 0.05) is 29.5 Å². The fourth-order valence-corrected chi connectivity index (χ4v) is 3.76. The van der Waals surface area contributed by atoms with Crippen LogP contribution in [0, 0.1) is 5.92 Å². The highest BCUT2D eigenvalue weighted by Gasteiger charge is 2.33. The van der Waals surface area contributed by atoms with E-state index in [2.05, 4.69) is 23.1 Å². The summed E-state index contributed by atoms with van der Waals surface area (Å²) in [7, 11) is 5.70. The number of Topliss-reactive ketones (excluding diaryl/α,β-unsaturated/α-hetero) is 1. The van der Waals surface area contributed by atoms with E-state index in [1.807, 2.05) is 80.8 Å². The summed E-state index contributed by atoms with van der Waals surface area (Å²) in [6.07, 6.45) is 0. The monoisotopic (exact) mass is 373 g/mol. The summed E-state index contributed by atoms with van der Waals surface area (Å²) < 4.78 is 5.66. The molecule has 0 saturated heterocycles. The van der Waals surface area contributed by atoms with Crippen molar-refractivity contribution >= 4 is 5.78 Å². The minimum atomic E-state index is -0.240. The number of methoxy groups -OCH3 is 1. The van der Waals surface area contributed by atoms with Crippen LogP contribution in [0.25, 0.3) is 0 Å². The molecule has 0 unspecified atom stereocenters. The SMILES string of the molecule is COc1ccccc1[C@H](c1ccccc1)[C@@H](CN(C)C)C(=O)c1ccccc1. The highest BCUT2D eigenvalue weighted by Crippen LogP contribution is 2.39. The lowest BCUT2D eigenvalue weighted by molar-refractivity contribution is 0.0882. The minimum Gasteiger partial charge on any atom is -0.496 e. The number of carbonyl (C=O) groups excluding carboxylic acids is 1. The smallest absolute Gasteiger partial charge is 0.168 e. The molecule has 2 atom stereocenters. The largest absolute Gasteiger partial charge is 0.496 e. The van der Waals surface area contributed by atoms with Crippen LogP contribution in [0.1, 0.15) is 27.4 Å². The number of ether oxygens (including phenoxy) is 1. The lowest BCUT2D eigenvalue weighted by Gasteiger charge is -2.30. The Bertz CT molecular complexity index is 891. The number of benzene rings is 3. The van der Waals surface area contributed by atoms with Crippen molar-refractivity contribution in [3.63, 3.8) is 0 Å². The van der Waals surface area contributed by atoms with Gasteiger partial charge < -0.3 is 9.64 Å². The molecule has 0 radical (unpaired) electrons. The van der Waals surface area contributed by atoms with Crippen molar-refractivity contribution in [2.24, 2.45) is 5.92 Å². The Morgan fingerprint density at radius 3 is 2.04 bits per heavy atom. The maximum Gasteiger partial charge on any atom is 0.168 e. The molecular formula is C25H27NO2. The second-order valence-electron chi connectivity index (χ2n) is 7.23. The van der Waals surface area contributed by atoms with E-state index in [-0.39, 0.29) is 17.6 Å². The van der Waals surface area contributed by atoms with Crippen LogP contribution in [-0.4, -0.2) is 38.4 Å². The minimum absolute atomic E-state index is 0.104. The predicted octanol–water partition coefficient (Wildman–Crippen LogP) is 4.89. The van der Waals surface area contributed by atoms with Gasteiger partial charge in [-0.25, -0.2) is 0 Å². The highest BCUT2D eigenvalue weighted by molar-refractivity contribution is 5.99. The number of hydrogen-bond donors (Lipinski definition) is 0. The first kappa shape index (κ1) is 19.8. The number of hydrogen-bond acceptors (Lipinski definition) is 3. The van der Waals surface area contributed by atoms with Gasteiger partial charge in [0.25, 0.3) is 0 Å². The Kier molecular flexibility index (Phi) is 6.62. The molecule has 0 fully saturated rings. The van der Waals surface area contributed by atoms with Crippen molar-refractivity contribution in [1.29, 1.82) is 0 Å². The number of carbonyl (C=O) groups is 1. The van der Waals surface area contributed by atoms with Gasteiger partial charge in [-0.15, -0.1) is 0 Å². The van der Waals surface area contributed by atoms with Gasteiger partial charge in [0.2, 0.25) is 0 Å². The third-order valence-electron chi connectivity index (χ3n) is 4.99. The van der Waals surface area contributed by atoms with Crippen molar-refractivity contribution in [2.45, 2.75) is 5.92 Å². The molecular weight excluding hydrogens is 346 g/mol. The van der Waals surface area contributed by atoms with Gasteiger partial charge in [0.15, 0.2) is 5.78 Å². The Hall–Kier alpha value is -2.91. The van der Waals surface area contributed by atoms with E-state index >= 15 is 0 Å². The molecule has 0 N–H and O–H groups in total. The van der Waals surface area contributed by atoms with Gasteiger partial charge in [-0.2, -0.15) is 0 Å². The molecule has 3 aromatic rings. The lowest BCUT2D eigenvalue weighted by Crippen LogP contribution is -2.33. The normalized spacial score (nSPS) is 13.1. The fourth-order valence-electron chi connectivity index (χ4n) is 3.76. The van der Waals surface area contributed by atoms with Crippen LogP contribution in [0.15, 0.2) is 84.9 Å². The first-order valence-corrected chi connectivity index (χ1v) is 9.53. The van der Waals surface area contributed by atoms with Crippen molar-refractivity contribution in [1.82, 2.24) is 4.90 Å². The van der Waals surface area contributed by atoms with Crippen molar-refractivity contribution < 1.29 is 9.53 Å². The van der Waals surface area contributed by atoms with E-state index in [9.17, 15) is 4.79 Å². The average Bonchev–Trinajstić information content (AvgIpc) is 2.74. The number of nitrogens with zero attached hydrogens (tertiary/aromatic N) is 1. The Labute approximate surface area is 167 Å². The fraction of sp³-hybridized carbons (Fsp3) is 0.240. The molecule has 0 heterocycles. The van der Waals surface area contributed by atoms with E-state index in [1.165, 1.54) is 0 Å². The van der Waals surface area contributed by atoms with Gasteiger partial charge in [-0.3, -0.25) is 4.79 Å². The lowest BCUT2D eigenvalue weighted by atomic mass is 9.76. The highest BCUT2D eigenvalue weighted by atomic mass is 16.5. The van der Waals surface area contributed by atoms with Crippen LogP contribution in [0.5, 0.6) is 5.75 Å². The van der Waals surface area contributed by atoms with Crippen LogP contribution in [0.4, 0.5) is 0 Å². The third-order valence-corrected chi connectivity index (χ3v) is 4.99. The maximum absolute atomic E-state index is 13.6. The predicted molar refractivity (Wildman–Crippen MR) is 114 cm³/mol. The zero-order valence-corrected chi connectivity index (χ0v) is 16.7. The zero-order chi connectivity index (χ0) is 19.9. The Morgan fingerprint density at radius 1 is 0.857 bits per heavy atom. The van der Waals surface area contributed by atoms with Crippen molar-refractivity contribution in [3.05, 3.63) is 102 Å². The van der Waals surface area contributed by atoms with Gasteiger partial charge in [-0.1, -0.05) is 78.9 Å². The van der Waals surface area contributed by atoms with Crippen molar-refractivity contribution in [2.75, 3.05) is 27.7 Å². The third kappa shape index (κ3) is 4.49. The van der Waals surface area contributed by atoms with Crippen molar-refractivity contribution in [3.8, 4) is 5.75 Å². The Morgan fingerprint density at radius 2 is 1.43 bits per heavy atom. The zero-order valence-electron chi connectivity index (χ0n) is 16.7. The molecule has 0 aliphatic rings. The van der Waals surface area contributed by atoms with E-state index in [4.69, 9.17) is 4.74 Å². The molecule has 0 bridgehead atoms. The summed E-state index contributed by atoms with van der Waals surface area (Å²) in [5.41, 5.74) is 2.89. The maximum atomic E-state index is 13.6. The topological polar surface area (TPSA) is 29.5 Å². The first-order chi connectivity index (χ1) is 13.6. The molecule has 3 heteroatoms. The quantitative estimate of drug-likeness (QED) is 0.527. The summed E-state index contributed by atoms with van der Waals surface area (Å²) >= 11 is 0. The molecule has 0 saturated carbocycles. The molecule has 0 aliphatic carbocycles. The van der Waals surface area contributed by atoms with E-state index in [1.54, 1.807) is 7.11 Å². The van der Waals surface area contributed by atoms with Gasteiger partial charge in [-0.05, 0) is 25.7 Å². The summed E-state index contributed by atoms with van der Waals surface area (Å²) in [6, 6.07) is 27.8. The summed E-state index contributed by atoms with van der Waals surface area (Å²) in [6.45, 7) is 0.644. The number of para-hydroxylation sites is 1. The van der Waals surface area contributed by atoms with Crippen LogP contribution >= 0.6 is 0 Å². The number of rotatable bonds is 8. The second-order valence-corrected chi connectivity index (χ2v) is 7.23. The standard InChI is InChI=1S/C25H27NO2/c1-26(2)18-22(25(27)20-14-8-5-9-15-20)24(19-12-6-4-7-13-19)21-16-10-11-17-23(21)28-3/h4-17,22,24H,18H2,1-3H3/t22-,24+/m1/s1. The molecule has 3 aromatic carbocycles. The summed E-state index contributed by atoms with van der Waals surface area (Å²) in [5.74, 6) is 0.610. The van der Waals surface area contributed by atoms with Crippen LogP contribution in [0.2, 0.25) is 0 Å². The molecule has 0 spiro atoms. The summed E-state index contributed by atoms with van der Waals surface area (Å²) in [5, 5.41) is 0. The molecule has 0 aromatic heterocycles. The van der Waals surface area contributed by atoms with Crippen LogP contribution in [0.3, 0.4) is 0 Å². The molecule has 3 nitrogen and oxygen atoms in total. The Balaban J connectivity index is 2.15. The molecule has 144 valence electrons. The van der Waals surface area contributed by atoms with Crippen LogP contribution in [-0.2, 0) is 0 Å². The molecule has 28 heavy (non-hydrogen) atoms. The van der Waals surface area contributed by atoms with E-state index in [0.717, 1.165) is 22.4 Å². The van der Waals surface area contributed by atoms with E-state index < -0.39 is 0 Å². The van der Waals surface area contributed by atoms with Gasteiger partial charge in [0.1, 0.15) is 5.75 Å². The second kappa shape index (κ2) is 9.34. The number of ketones is 1. The summed E-state index contributed by atoms with van der Waals surface area (Å²) in [4.78, 5) is 15.7. The van der Waals surface area contributed by atoms with Gasteiger partial charge in [0.05, 0.1) is 7.11 Å². The molecule has 3 rings (SSSR count). The molecule has 0 aliphatic heterocycles.